The van der Waals surface area contributed by atoms with E-state index in [-0.39, 0.29) is 6.61 Å². The highest BCUT2D eigenvalue weighted by Gasteiger charge is 2.03. The lowest BCUT2D eigenvalue weighted by molar-refractivity contribution is 0.311. The van der Waals surface area contributed by atoms with Gasteiger partial charge in [-0.25, -0.2) is 0 Å². The molecule has 0 fully saturated rings. The van der Waals surface area contributed by atoms with E-state index in [4.69, 9.17) is 14.6 Å². The van der Waals surface area contributed by atoms with Crippen LogP contribution in [-0.2, 0) is 0 Å². The Hall–Kier alpha value is -1.42. The number of ether oxygens (including phenoxy) is 2. The molecule has 14 heavy (non-hydrogen) atoms. The lowest BCUT2D eigenvalue weighted by Gasteiger charge is -2.10. The van der Waals surface area contributed by atoms with Crippen molar-refractivity contribution in [3.05, 3.63) is 18.2 Å². The molecule has 0 amide bonds. The van der Waals surface area contributed by atoms with Crippen LogP contribution in [0.5, 0.6) is 11.5 Å². The zero-order valence-electron chi connectivity index (χ0n) is 8.41. The maximum Gasteiger partial charge on any atom is 0.162 e. The van der Waals surface area contributed by atoms with Gasteiger partial charge in [0.2, 0.25) is 0 Å². The Kier molecular flexibility index (Phi) is 4.07. The van der Waals surface area contributed by atoms with Crippen LogP contribution in [0, 0.1) is 0 Å². The first-order valence-corrected chi connectivity index (χ1v) is 4.38. The van der Waals surface area contributed by atoms with Gasteiger partial charge in [0.15, 0.2) is 11.5 Å². The third kappa shape index (κ3) is 2.53. The lowest BCUT2D eigenvalue weighted by atomic mass is 10.2. The molecule has 0 aliphatic heterocycles. The van der Waals surface area contributed by atoms with Crippen molar-refractivity contribution in [1.82, 2.24) is 0 Å². The van der Waals surface area contributed by atoms with Crippen molar-refractivity contribution in [3.8, 4) is 11.5 Å². The van der Waals surface area contributed by atoms with Gasteiger partial charge in [-0.3, -0.25) is 0 Å². The van der Waals surface area contributed by atoms with Crippen molar-refractivity contribution >= 4 is 5.69 Å². The third-order valence-corrected chi connectivity index (χ3v) is 1.82. The van der Waals surface area contributed by atoms with Crippen molar-refractivity contribution in [1.29, 1.82) is 0 Å². The second kappa shape index (κ2) is 5.34. The molecule has 1 rings (SSSR count). The minimum absolute atomic E-state index is 0.106. The average Bonchev–Trinajstić information content (AvgIpc) is 2.25. The fraction of sp³-hybridized carbons (Fsp3) is 0.400. The van der Waals surface area contributed by atoms with Crippen LogP contribution in [0.4, 0.5) is 5.69 Å². The third-order valence-electron chi connectivity index (χ3n) is 1.82. The van der Waals surface area contributed by atoms with Crippen LogP contribution in [0.15, 0.2) is 18.2 Å². The van der Waals surface area contributed by atoms with Gasteiger partial charge < -0.3 is 19.9 Å². The van der Waals surface area contributed by atoms with Crippen molar-refractivity contribution < 1.29 is 14.6 Å². The number of methoxy groups -OCH3 is 2. The molecule has 1 aromatic rings. The van der Waals surface area contributed by atoms with Crippen LogP contribution in [0.3, 0.4) is 0 Å². The molecule has 0 aliphatic carbocycles. The summed E-state index contributed by atoms with van der Waals surface area (Å²) >= 11 is 0. The second-order valence-corrected chi connectivity index (χ2v) is 2.72. The zero-order valence-corrected chi connectivity index (χ0v) is 8.41. The molecule has 0 saturated heterocycles. The average molecular weight is 197 g/mol. The summed E-state index contributed by atoms with van der Waals surface area (Å²) < 4.78 is 10.2. The summed E-state index contributed by atoms with van der Waals surface area (Å²) in [5.41, 5.74) is 0.900. The highest BCUT2D eigenvalue weighted by Crippen LogP contribution is 2.29. The molecule has 0 aromatic heterocycles. The van der Waals surface area contributed by atoms with Gasteiger partial charge in [0, 0.05) is 18.3 Å². The van der Waals surface area contributed by atoms with Crippen LogP contribution in [0.2, 0.25) is 0 Å². The van der Waals surface area contributed by atoms with Gasteiger partial charge in [-0.05, 0) is 12.1 Å². The summed E-state index contributed by atoms with van der Waals surface area (Å²) in [6.07, 6.45) is 0. The molecular weight excluding hydrogens is 182 g/mol. The highest BCUT2D eigenvalue weighted by molar-refractivity contribution is 5.54. The first-order valence-electron chi connectivity index (χ1n) is 4.38. The number of hydrogen-bond acceptors (Lipinski definition) is 4. The van der Waals surface area contributed by atoms with E-state index in [2.05, 4.69) is 5.32 Å². The standard InChI is InChI=1S/C10H15NO3/c1-13-9-4-3-8(11-5-6-12)7-10(9)14-2/h3-4,7,11-12H,5-6H2,1-2H3. The van der Waals surface area contributed by atoms with Gasteiger partial charge in [-0.1, -0.05) is 0 Å². The number of anilines is 1. The van der Waals surface area contributed by atoms with Gasteiger partial charge in [-0.15, -0.1) is 0 Å². The van der Waals surface area contributed by atoms with E-state index in [1.54, 1.807) is 14.2 Å². The van der Waals surface area contributed by atoms with Crippen molar-refractivity contribution in [2.45, 2.75) is 0 Å². The van der Waals surface area contributed by atoms with Gasteiger partial charge in [0.05, 0.1) is 20.8 Å². The van der Waals surface area contributed by atoms with E-state index in [9.17, 15) is 0 Å². The molecule has 1 aromatic carbocycles. The minimum Gasteiger partial charge on any atom is -0.493 e. The Morgan fingerprint density at radius 1 is 1.21 bits per heavy atom. The first-order chi connectivity index (χ1) is 6.81. The van der Waals surface area contributed by atoms with Gasteiger partial charge in [-0.2, -0.15) is 0 Å². The summed E-state index contributed by atoms with van der Waals surface area (Å²) in [5.74, 6) is 1.37. The number of aliphatic hydroxyl groups excluding tert-OH is 1. The molecule has 0 spiro atoms. The molecule has 4 nitrogen and oxygen atoms in total. The van der Waals surface area contributed by atoms with E-state index in [0.29, 0.717) is 18.0 Å². The van der Waals surface area contributed by atoms with Crippen LogP contribution in [0.1, 0.15) is 0 Å². The predicted octanol–water partition coefficient (Wildman–Crippen LogP) is 1.11. The molecule has 2 N–H and O–H groups in total. The Morgan fingerprint density at radius 2 is 1.93 bits per heavy atom. The second-order valence-electron chi connectivity index (χ2n) is 2.72. The number of hydrogen-bond donors (Lipinski definition) is 2. The van der Waals surface area contributed by atoms with Crippen LogP contribution >= 0.6 is 0 Å². The molecule has 4 heteroatoms. The Balaban J connectivity index is 2.79. The Labute approximate surface area is 83.5 Å². The van der Waals surface area contributed by atoms with Crippen molar-refractivity contribution in [2.75, 3.05) is 32.7 Å². The molecule has 78 valence electrons. The van der Waals surface area contributed by atoms with Gasteiger partial charge in [0.1, 0.15) is 0 Å². The fourth-order valence-corrected chi connectivity index (χ4v) is 1.15. The monoisotopic (exact) mass is 197 g/mol. The maximum absolute atomic E-state index is 8.64. The summed E-state index contributed by atoms with van der Waals surface area (Å²) in [7, 11) is 3.19. The van der Waals surface area contributed by atoms with E-state index in [0.717, 1.165) is 5.69 Å². The van der Waals surface area contributed by atoms with E-state index in [1.807, 2.05) is 18.2 Å². The van der Waals surface area contributed by atoms with Crippen LogP contribution < -0.4 is 14.8 Å². The molecule has 0 saturated carbocycles. The quantitative estimate of drug-likeness (QED) is 0.742. The summed E-state index contributed by atoms with van der Waals surface area (Å²) in [6, 6.07) is 5.52. The van der Waals surface area contributed by atoms with E-state index < -0.39 is 0 Å². The molecule has 0 aliphatic rings. The number of benzene rings is 1. The Morgan fingerprint density at radius 3 is 2.50 bits per heavy atom. The summed E-state index contributed by atoms with van der Waals surface area (Å²) in [4.78, 5) is 0. The SMILES string of the molecule is COc1ccc(NCCO)cc1OC. The fourth-order valence-electron chi connectivity index (χ4n) is 1.15. The summed E-state index contributed by atoms with van der Waals surface area (Å²) in [5, 5.41) is 11.7. The number of nitrogens with one attached hydrogen (secondary N) is 1. The van der Waals surface area contributed by atoms with Gasteiger partial charge in [0.25, 0.3) is 0 Å². The normalized spacial score (nSPS) is 9.64. The lowest BCUT2D eigenvalue weighted by Crippen LogP contribution is -2.05. The summed E-state index contributed by atoms with van der Waals surface area (Å²) in [6.45, 7) is 0.629. The molecule has 0 heterocycles. The van der Waals surface area contributed by atoms with Crippen molar-refractivity contribution in [2.24, 2.45) is 0 Å². The number of aliphatic hydroxyl groups is 1. The minimum atomic E-state index is 0.106. The zero-order chi connectivity index (χ0) is 10.4. The molecular formula is C10H15NO3. The first kappa shape index (κ1) is 10.7. The van der Waals surface area contributed by atoms with Crippen LogP contribution in [-0.4, -0.2) is 32.5 Å². The Bertz CT molecular complexity index is 289. The largest absolute Gasteiger partial charge is 0.493 e. The van der Waals surface area contributed by atoms with Gasteiger partial charge >= 0.3 is 0 Å². The topological polar surface area (TPSA) is 50.7 Å². The molecule has 0 bridgehead atoms. The maximum atomic E-state index is 8.64. The predicted molar refractivity (Wildman–Crippen MR) is 55.1 cm³/mol. The smallest absolute Gasteiger partial charge is 0.162 e. The van der Waals surface area contributed by atoms with E-state index >= 15 is 0 Å². The number of rotatable bonds is 5. The van der Waals surface area contributed by atoms with E-state index in [1.165, 1.54) is 0 Å². The van der Waals surface area contributed by atoms with Crippen molar-refractivity contribution in [3.63, 3.8) is 0 Å². The molecule has 0 atom stereocenters. The van der Waals surface area contributed by atoms with Crippen LogP contribution in [0.25, 0.3) is 0 Å². The molecule has 0 radical (unpaired) electrons. The molecule has 0 unspecified atom stereocenters. The highest BCUT2D eigenvalue weighted by atomic mass is 16.5.